The molecule has 0 bridgehead atoms. The van der Waals surface area contributed by atoms with Crippen LogP contribution in [0.4, 0.5) is 5.69 Å². The highest BCUT2D eigenvalue weighted by Gasteiger charge is 2.41. The van der Waals surface area contributed by atoms with Crippen molar-refractivity contribution in [3.63, 3.8) is 0 Å². The Morgan fingerprint density at radius 1 is 1.00 bits per heavy atom. The molecule has 0 radical (unpaired) electrons. The normalized spacial score (nSPS) is 20.4. The topological polar surface area (TPSA) is 89.6 Å². The van der Waals surface area contributed by atoms with E-state index in [1.807, 2.05) is 42.5 Å². The first kappa shape index (κ1) is 26.8. The number of amides is 2. The van der Waals surface area contributed by atoms with Crippen molar-refractivity contribution in [1.82, 2.24) is 10.2 Å². The summed E-state index contributed by atoms with van der Waals surface area (Å²) in [7, 11) is 4.76. The molecule has 0 unspecified atom stereocenters. The molecule has 200 valence electrons. The summed E-state index contributed by atoms with van der Waals surface area (Å²) < 4.78 is 21.7. The maximum atomic E-state index is 13.5. The number of nitrogens with one attached hydrogen (secondary N) is 1. The second-order valence-electron chi connectivity index (χ2n) is 9.26. The Balaban J connectivity index is 1.58. The van der Waals surface area contributed by atoms with Crippen LogP contribution in [0.1, 0.15) is 30.9 Å². The summed E-state index contributed by atoms with van der Waals surface area (Å²) in [5.41, 5.74) is 1.53. The van der Waals surface area contributed by atoms with Gasteiger partial charge in [-0.3, -0.25) is 14.5 Å². The summed E-state index contributed by atoms with van der Waals surface area (Å²) in [6, 6.07) is 12.4. The fraction of sp³-hybridized carbons (Fsp3) is 0.500. The molecule has 2 atom stereocenters. The van der Waals surface area contributed by atoms with Gasteiger partial charge in [0.25, 0.3) is 0 Å². The molecule has 0 aromatic heterocycles. The lowest BCUT2D eigenvalue weighted by Crippen LogP contribution is -2.48. The molecule has 9 nitrogen and oxygen atoms in total. The van der Waals surface area contributed by atoms with E-state index in [1.165, 1.54) is 0 Å². The molecule has 2 aliphatic rings. The minimum absolute atomic E-state index is 0.0266. The highest BCUT2D eigenvalue weighted by molar-refractivity contribution is 5.97. The molecule has 2 heterocycles. The highest BCUT2D eigenvalue weighted by atomic mass is 16.5. The second kappa shape index (κ2) is 12.8. The van der Waals surface area contributed by atoms with Crippen LogP contribution in [-0.2, 0) is 14.3 Å². The lowest BCUT2D eigenvalue weighted by molar-refractivity contribution is -0.129. The first-order valence-electron chi connectivity index (χ1n) is 12.8. The maximum Gasteiger partial charge on any atom is 0.227 e. The largest absolute Gasteiger partial charge is 0.497 e. The van der Waals surface area contributed by atoms with E-state index in [-0.39, 0.29) is 11.8 Å². The first-order chi connectivity index (χ1) is 18.0. The predicted molar refractivity (Wildman–Crippen MR) is 140 cm³/mol. The lowest BCUT2D eigenvalue weighted by Gasteiger charge is -2.41. The number of ether oxygens (including phenoxy) is 4. The molecular formula is C28H37N3O6. The van der Waals surface area contributed by atoms with Crippen LogP contribution in [0.25, 0.3) is 0 Å². The summed E-state index contributed by atoms with van der Waals surface area (Å²) in [4.78, 5) is 30.9. The molecule has 2 saturated heterocycles. The van der Waals surface area contributed by atoms with Gasteiger partial charge in [-0.2, -0.15) is 0 Å². The Morgan fingerprint density at radius 2 is 1.73 bits per heavy atom. The van der Waals surface area contributed by atoms with Crippen LogP contribution in [-0.4, -0.2) is 77.4 Å². The third kappa shape index (κ3) is 6.34. The molecule has 0 aliphatic carbocycles. The van der Waals surface area contributed by atoms with Crippen molar-refractivity contribution in [2.45, 2.75) is 25.3 Å². The van der Waals surface area contributed by atoms with E-state index >= 15 is 0 Å². The monoisotopic (exact) mass is 511 g/mol. The molecule has 1 N–H and O–H groups in total. The van der Waals surface area contributed by atoms with E-state index < -0.39 is 12.0 Å². The van der Waals surface area contributed by atoms with Crippen LogP contribution in [0.2, 0.25) is 0 Å². The van der Waals surface area contributed by atoms with Crippen LogP contribution >= 0.6 is 0 Å². The van der Waals surface area contributed by atoms with Gasteiger partial charge in [0, 0.05) is 31.7 Å². The van der Waals surface area contributed by atoms with Crippen molar-refractivity contribution in [2.24, 2.45) is 5.92 Å². The van der Waals surface area contributed by atoms with E-state index in [2.05, 4.69) is 10.2 Å². The van der Waals surface area contributed by atoms with Gasteiger partial charge in [-0.1, -0.05) is 6.07 Å². The average molecular weight is 512 g/mol. The molecule has 0 spiro atoms. The van der Waals surface area contributed by atoms with Gasteiger partial charge in [0.1, 0.15) is 5.75 Å². The van der Waals surface area contributed by atoms with Crippen molar-refractivity contribution >= 4 is 17.5 Å². The Labute approximate surface area is 218 Å². The van der Waals surface area contributed by atoms with Gasteiger partial charge >= 0.3 is 0 Å². The van der Waals surface area contributed by atoms with E-state index in [9.17, 15) is 9.59 Å². The number of carbonyl (C=O) groups is 2. The Kier molecular flexibility index (Phi) is 9.24. The van der Waals surface area contributed by atoms with Gasteiger partial charge in [0.05, 0.1) is 46.5 Å². The van der Waals surface area contributed by atoms with Crippen LogP contribution in [0.5, 0.6) is 17.2 Å². The predicted octanol–water partition coefficient (Wildman–Crippen LogP) is 3.04. The van der Waals surface area contributed by atoms with Gasteiger partial charge in [-0.05, 0) is 61.3 Å². The zero-order chi connectivity index (χ0) is 26.2. The number of morpholine rings is 1. The first-order valence-corrected chi connectivity index (χ1v) is 12.8. The number of nitrogens with zero attached hydrogens (tertiary/aromatic N) is 2. The smallest absolute Gasteiger partial charge is 0.227 e. The van der Waals surface area contributed by atoms with Crippen molar-refractivity contribution < 1.29 is 28.5 Å². The van der Waals surface area contributed by atoms with Crippen molar-refractivity contribution in [3.8, 4) is 17.2 Å². The minimum atomic E-state index is -0.492. The van der Waals surface area contributed by atoms with Crippen molar-refractivity contribution in [3.05, 3.63) is 48.0 Å². The van der Waals surface area contributed by atoms with Gasteiger partial charge in [-0.25, -0.2) is 0 Å². The molecule has 0 saturated carbocycles. The summed E-state index contributed by atoms with van der Waals surface area (Å²) in [5.74, 6) is 1.35. The lowest BCUT2D eigenvalue weighted by atomic mass is 9.83. The molecule has 9 heteroatoms. The van der Waals surface area contributed by atoms with Crippen molar-refractivity contribution in [2.75, 3.05) is 65.6 Å². The van der Waals surface area contributed by atoms with Gasteiger partial charge in [0.2, 0.25) is 11.8 Å². The Morgan fingerprint density at radius 3 is 2.41 bits per heavy atom. The number of anilines is 1. The molecule has 2 amide bonds. The molecule has 2 aromatic rings. The third-order valence-electron chi connectivity index (χ3n) is 7.09. The summed E-state index contributed by atoms with van der Waals surface area (Å²) in [6.07, 6.45) is 1.63. The standard InChI is InChI=1S/C28H37N3O6/c1-34-22-8-6-21(7-9-22)31-26(32)12-10-23(27(31)20-5-11-24(35-2)25(19-20)36-3)28(33)29-13-4-14-30-15-17-37-18-16-30/h5-9,11,19,23,27H,4,10,12-18H2,1-3H3,(H,29,33)/t23-,27+/m1/s1. The summed E-state index contributed by atoms with van der Waals surface area (Å²) in [6.45, 7) is 4.88. The Bertz CT molecular complexity index is 1050. The Hall–Kier alpha value is -3.30. The van der Waals surface area contributed by atoms with Crippen LogP contribution in [0.15, 0.2) is 42.5 Å². The van der Waals surface area contributed by atoms with Gasteiger partial charge < -0.3 is 29.2 Å². The zero-order valence-corrected chi connectivity index (χ0v) is 21.9. The number of hydrogen-bond acceptors (Lipinski definition) is 7. The quantitative estimate of drug-likeness (QED) is 0.491. The summed E-state index contributed by atoms with van der Waals surface area (Å²) >= 11 is 0. The number of carbonyl (C=O) groups excluding carboxylic acids is 2. The molecule has 2 aromatic carbocycles. The second-order valence-corrected chi connectivity index (χ2v) is 9.26. The maximum absolute atomic E-state index is 13.5. The number of piperidine rings is 1. The number of hydrogen-bond donors (Lipinski definition) is 1. The van der Waals surface area contributed by atoms with Crippen LogP contribution < -0.4 is 24.4 Å². The van der Waals surface area contributed by atoms with E-state index in [0.717, 1.165) is 50.5 Å². The fourth-order valence-corrected chi connectivity index (χ4v) is 5.10. The molecular weight excluding hydrogens is 474 g/mol. The highest BCUT2D eigenvalue weighted by Crippen LogP contribution is 2.42. The molecule has 2 fully saturated rings. The van der Waals surface area contributed by atoms with Gasteiger partial charge in [0.15, 0.2) is 11.5 Å². The zero-order valence-electron chi connectivity index (χ0n) is 21.9. The molecule has 2 aliphatic heterocycles. The third-order valence-corrected chi connectivity index (χ3v) is 7.09. The van der Waals surface area contributed by atoms with E-state index in [4.69, 9.17) is 18.9 Å². The number of rotatable bonds is 10. The van der Waals surface area contributed by atoms with E-state index in [0.29, 0.717) is 36.6 Å². The summed E-state index contributed by atoms with van der Waals surface area (Å²) in [5, 5.41) is 3.14. The number of methoxy groups -OCH3 is 3. The van der Waals surface area contributed by atoms with Gasteiger partial charge in [-0.15, -0.1) is 0 Å². The number of benzene rings is 2. The van der Waals surface area contributed by atoms with E-state index in [1.54, 1.807) is 26.2 Å². The fourth-order valence-electron chi connectivity index (χ4n) is 5.10. The molecule has 4 rings (SSSR count). The average Bonchev–Trinajstić information content (AvgIpc) is 2.95. The van der Waals surface area contributed by atoms with Crippen LogP contribution in [0, 0.1) is 5.92 Å². The SMILES string of the molecule is COc1ccc(N2C(=O)CC[C@@H](C(=O)NCCCN3CCOCC3)[C@@H]2c2ccc(OC)c(OC)c2)cc1. The molecule has 37 heavy (non-hydrogen) atoms. The van der Waals surface area contributed by atoms with Crippen LogP contribution in [0.3, 0.4) is 0 Å². The minimum Gasteiger partial charge on any atom is -0.497 e. The van der Waals surface area contributed by atoms with Crippen molar-refractivity contribution in [1.29, 1.82) is 0 Å².